The van der Waals surface area contributed by atoms with E-state index in [1.54, 1.807) is 24.3 Å². The van der Waals surface area contributed by atoms with Gasteiger partial charge in [0.25, 0.3) is 0 Å². The summed E-state index contributed by atoms with van der Waals surface area (Å²) in [4.78, 5) is 41.3. The van der Waals surface area contributed by atoms with Crippen molar-refractivity contribution in [3.8, 4) is 16.9 Å². The van der Waals surface area contributed by atoms with Gasteiger partial charge in [-0.1, -0.05) is 86.1 Å². The Morgan fingerprint density at radius 3 is 1.94 bits per heavy atom. The summed E-state index contributed by atoms with van der Waals surface area (Å²) < 4.78 is 2.13. The topological polar surface area (TPSA) is 56.1 Å². The van der Waals surface area contributed by atoms with Crippen LogP contribution in [0.25, 0.3) is 16.9 Å². The van der Waals surface area contributed by atoms with Gasteiger partial charge in [0, 0.05) is 40.1 Å². The van der Waals surface area contributed by atoms with Crippen molar-refractivity contribution < 1.29 is 14.4 Å². The number of fused-ring (bicyclic) bond motifs is 2. The summed E-state index contributed by atoms with van der Waals surface area (Å²) in [5, 5.41) is 0. The molecule has 0 amide bonds. The van der Waals surface area contributed by atoms with E-state index in [1.165, 1.54) is 0 Å². The SMILES string of the molecule is Cc1ccc(-n2c3c(c(C4C(=O)c5ccccc5C4=O)c2-c2ccccc2)C(=O)CC(C)(C)C3)cc1. The van der Waals surface area contributed by atoms with Crippen molar-refractivity contribution in [1.82, 2.24) is 4.57 Å². The molecule has 0 fully saturated rings. The summed E-state index contributed by atoms with van der Waals surface area (Å²) >= 11 is 0. The van der Waals surface area contributed by atoms with Gasteiger partial charge in [0.1, 0.15) is 5.92 Å². The number of Topliss-reactive ketones (excluding diaryl/α,β-unsaturated/α-hetero) is 3. The van der Waals surface area contributed by atoms with Gasteiger partial charge in [0.2, 0.25) is 0 Å². The summed E-state index contributed by atoms with van der Waals surface area (Å²) in [5.74, 6) is -1.48. The highest BCUT2D eigenvalue weighted by Gasteiger charge is 2.47. The molecular weight excluding hydrogens is 446 g/mol. The zero-order chi connectivity index (χ0) is 25.2. The van der Waals surface area contributed by atoms with E-state index in [4.69, 9.17) is 0 Å². The van der Waals surface area contributed by atoms with Gasteiger partial charge >= 0.3 is 0 Å². The fourth-order valence-electron chi connectivity index (χ4n) is 5.90. The summed E-state index contributed by atoms with van der Waals surface area (Å²) in [6.07, 6.45) is 1.05. The second-order valence-electron chi connectivity index (χ2n) is 10.8. The lowest BCUT2D eigenvalue weighted by Crippen LogP contribution is -2.29. The summed E-state index contributed by atoms with van der Waals surface area (Å²) in [5.41, 5.74) is 6.32. The molecule has 178 valence electrons. The normalized spacial score (nSPS) is 16.8. The van der Waals surface area contributed by atoms with E-state index < -0.39 is 5.92 Å². The zero-order valence-corrected chi connectivity index (χ0v) is 20.7. The lowest BCUT2D eigenvalue weighted by atomic mass is 9.74. The quantitative estimate of drug-likeness (QED) is 0.309. The lowest BCUT2D eigenvalue weighted by molar-refractivity contribution is 0.0888. The smallest absolute Gasteiger partial charge is 0.178 e. The van der Waals surface area contributed by atoms with Gasteiger partial charge < -0.3 is 4.57 Å². The lowest BCUT2D eigenvalue weighted by Gasteiger charge is -2.30. The van der Waals surface area contributed by atoms with Gasteiger partial charge in [-0.3, -0.25) is 14.4 Å². The van der Waals surface area contributed by atoms with Crippen molar-refractivity contribution >= 4 is 17.3 Å². The predicted octanol–water partition coefficient (Wildman–Crippen LogP) is 6.77. The van der Waals surface area contributed by atoms with Gasteiger partial charge in [-0.25, -0.2) is 0 Å². The minimum absolute atomic E-state index is 0.00384. The van der Waals surface area contributed by atoms with Crippen molar-refractivity contribution in [3.05, 3.63) is 112 Å². The first-order valence-electron chi connectivity index (χ1n) is 12.4. The van der Waals surface area contributed by atoms with Crippen LogP contribution < -0.4 is 0 Å². The third kappa shape index (κ3) is 3.32. The third-order valence-corrected chi connectivity index (χ3v) is 7.48. The molecule has 0 radical (unpaired) electrons. The molecule has 0 aliphatic heterocycles. The minimum Gasteiger partial charge on any atom is -0.313 e. The fourth-order valence-corrected chi connectivity index (χ4v) is 5.90. The first kappa shape index (κ1) is 22.4. The number of nitrogens with zero attached hydrogens (tertiary/aromatic N) is 1. The Morgan fingerprint density at radius 2 is 1.33 bits per heavy atom. The summed E-state index contributed by atoms with van der Waals surface area (Å²) in [7, 11) is 0. The van der Waals surface area contributed by atoms with Crippen LogP contribution in [-0.4, -0.2) is 21.9 Å². The highest BCUT2D eigenvalue weighted by Crippen LogP contribution is 2.48. The maximum Gasteiger partial charge on any atom is 0.178 e. The Hall–Kier alpha value is -4.05. The van der Waals surface area contributed by atoms with Crippen molar-refractivity contribution in [3.63, 3.8) is 0 Å². The summed E-state index contributed by atoms with van der Waals surface area (Å²) in [6, 6.07) is 25.0. The van der Waals surface area contributed by atoms with E-state index in [0.717, 1.165) is 28.2 Å². The van der Waals surface area contributed by atoms with E-state index in [1.807, 2.05) is 61.5 Å². The van der Waals surface area contributed by atoms with Crippen LogP contribution in [0, 0.1) is 12.3 Å². The second kappa shape index (κ2) is 7.99. The number of hydrogen-bond donors (Lipinski definition) is 0. The molecular formula is C32H27NO3. The van der Waals surface area contributed by atoms with Crippen LogP contribution in [0.2, 0.25) is 0 Å². The molecule has 1 heterocycles. The summed E-state index contributed by atoms with van der Waals surface area (Å²) in [6.45, 7) is 6.24. The Balaban J connectivity index is 1.73. The number of aryl methyl sites for hydroxylation is 1. The fraction of sp³-hybridized carbons (Fsp3) is 0.219. The highest BCUT2D eigenvalue weighted by atomic mass is 16.2. The second-order valence-corrected chi connectivity index (χ2v) is 10.8. The molecule has 1 aromatic heterocycles. The third-order valence-electron chi connectivity index (χ3n) is 7.48. The molecule has 0 saturated heterocycles. The zero-order valence-electron chi connectivity index (χ0n) is 20.7. The molecule has 4 aromatic rings. The molecule has 6 rings (SSSR count). The van der Waals surface area contributed by atoms with Crippen LogP contribution in [0.15, 0.2) is 78.9 Å². The maximum absolute atomic E-state index is 13.8. The Labute approximate surface area is 210 Å². The Bertz CT molecular complexity index is 1520. The first-order chi connectivity index (χ1) is 17.3. The largest absolute Gasteiger partial charge is 0.313 e. The monoisotopic (exact) mass is 473 g/mol. The van der Waals surface area contributed by atoms with Crippen LogP contribution in [0.1, 0.15) is 74.1 Å². The number of rotatable bonds is 3. The number of aromatic nitrogens is 1. The number of hydrogen-bond acceptors (Lipinski definition) is 3. The van der Waals surface area contributed by atoms with Crippen LogP contribution in [0.3, 0.4) is 0 Å². The molecule has 2 aliphatic carbocycles. The minimum atomic E-state index is -1.02. The van der Waals surface area contributed by atoms with E-state index >= 15 is 0 Å². The molecule has 0 unspecified atom stereocenters. The molecule has 3 aromatic carbocycles. The first-order valence-corrected chi connectivity index (χ1v) is 12.4. The molecule has 36 heavy (non-hydrogen) atoms. The van der Waals surface area contributed by atoms with Gasteiger partial charge in [0.15, 0.2) is 17.3 Å². The average Bonchev–Trinajstić information content (AvgIpc) is 3.31. The molecule has 2 aliphatic rings. The van der Waals surface area contributed by atoms with Crippen LogP contribution in [-0.2, 0) is 6.42 Å². The van der Waals surface area contributed by atoms with E-state index in [-0.39, 0.29) is 22.8 Å². The van der Waals surface area contributed by atoms with Crippen LogP contribution >= 0.6 is 0 Å². The molecule has 0 bridgehead atoms. The van der Waals surface area contributed by atoms with Crippen molar-refractivity contribution in [1.29, 1.82) is 0 Å². The highest BCUT2D eigenvalue weighted by molar-refractivity contribution is 6.31. The molecule has 0 atom stereocenters. The Kier molecular flexibility index (Phi) is 4.97. The number of carbonyl (C=O) groups excluding carboxylic acids is 3. The van der Waals surface area contributed by atoms with Gasteiger partial charge in [-0.05, 0) is 36.5 Å². The van der Waals surface area contributed by atoms with Gasteiger partial charge in [-0.2, -0.15) is 0 Å². The van der Waals surface area contributed by atoms with E-state index in [2.05, 4.69) is 18.4 Å². The molecule has 4 nitrogen and oxygen atoms in total. The van der Waals surface area contributed by atoms with Crippen molar-refractivity contribution in [2.24, 2.45) is 5.41 Å². The molecule has 0 saturated carbocycles. The van der Waals surface area contributed by atoms with Gasteiger partial charge in [0.05, 0.1) is 5.69 Å². The van der Waals surface area contributed by atoms with E-state index in [9.17, 15) is 14.4 Å². The van der Waals surface area contributed by atoms with Crippen molar-refractivity contribution in [2.45, 2.75) is 39.5 Å². The van der Waals surface area contributed by atoms with Crippen molar-refractivity contribution in [2.75, 3.05) is 0 Å². The molecule has 4 heteroatoms. The van der Waals surface area contributed by atoms with E-state index in [0.29, 0.717) is 35.1 Å². The number of carbonyl (C=O) groups is 3. The van der Waals surface area contributed by atoms with Crippen LogP contribution in [0.4, 0.5) is 0 Å². The molecule has 0 spiro atoms. The maximum atomic E-state index is 13.8. The Morgan fingerprint density at radius 1 is 0.750 bits per heavy atom. The predicted molar refractivity (Wildman–Crippen MR) is 140 cm³/mol. The molecule has 0 N–H and O–H groups in total. The average molecular weight is 474 g/mol. The number of ketones is 3. The number of benzene rings is 3. The van der Waals surface area contributed by atoms with Crippen LogP contribution in [0.5, 0.6) is 0 Å². The van der Waals surface area contributed by atoms with Gasteiger partial charge in [-0.15, -0.1) is 0 Å². The standard InChI is InChI=1S/C32H27NO3/c1-19-13-15-21(16-14-19)33-24-17-32(2,3)18-25(34)26(24)27(29(33)20-9-5-4-6-10-20)28-30(35)22-11-7-8-12-23(22)31(28)36/h4-16,28H,17-18H2,1-3H3.